The lowest BCUT2D eigenvalue weighted by Crippen LogP contribution is -2.25. The molecule has 1 aromatic heterocycles. The van der Waals surface area contributed by atoms with Crippen LogP contribution in [0, 0.1) is 0 Å². The van der Waals surface area contributed by atoms with E-state index >= 15 is 0 Å². The number of sulfone groups is 1. The second-order valence-electron chi connectivity index (χ2n) is 3.26. The van der Waals surface area contributed by atoms with Gasteiger partial charge in [0.2, 0.25) is 0 Å². The van der Waals surface area contributed by atoms with Gasteiger partial charge in [0.25, 0.3) is 0 Å². The Hall–Kier alpha value is -1.17. The third kappa shape index (κ3) is 4.18. The first-order valence-electron chi connectivity index (χ1n) is 4.16. The van der Waals surface area contributed by atoms with E-state index in [2.05, 4.69) is 15.3 Å². The SMILES string of the molecule is CC(CS(C)(=O)=O)Nc1cncnc1. The summed E-state index contributed by atoms with van der Waals surface area (Å²) in [5.41, 5.74) is 0.726. The Kier molecular flexibility index (Phi) is 3.40. The molecule has 0 aromatic carbocycles. The highest BCUT2D eigenvalue weighted by Crippen LogP contribution is 2.04. The molecule has 0 amide bonds. The van der Waals surface area contributed by atoms with E-state index in [9.17, 15) is 8.42 Å². The molecule has 6 heteroatoms. The van der Waals surface area contributed by atoms with E-state index in [1.54, 1.807) is 19.3 Å². The molecular formula is C8H13N3O2S. The van der Waals surface area contributed by atoms with Gasteiger partial charge in [0.15, 0.2) is 0 Å². The number of hydrogen-bond donors (Lipinski definition) is 1. The third-order valence-corrected chi connectivity index (χ3v) is 2.63. The Bertz CT molecular complexity index is 377. The Morgan fingerprint density at radius 3 is 2.50 bits per heavy atom. The fraction of sp³-hybridized carbons (Fsp3) is 0.500. The predicted octanol–water partition coefficient (Wildman–Crippen LogP) is 0.322. The van der Waals surface area contributed by atoms with E-state index in [-0.39, 0.29) is 11.8 Å². The average molecular weight is 215 g/mol. The summed E-state index contributed by atoms with van der Waals surface area (Å²) in [6.45, 7) is 1.80. The van der Waals surface area contributed by atoms with Gasteiger partial charge >= 0.3 is 0 Å². The summed E-state index contributed by atoms with van der Waals surface area (Å²) in [7, 11) is -2.95. The minimum Gasteiger partial charge on any atom is -0.379 e. The molecule has 0 saturated heterocycles. The lowest BCUT2D eigenvalue weighted by molar-refractivity contribution is 0.598. The van der Waals surface area contributed by atoms with E-state index < -0.39 is 9.84 Å². The fourth-order valence-corrected chi connectivity index (χ4v) is 2.15. The van der Waals surface area contributed by atoms with Gasteiger partial charge in [-0.25, -0.2) is 18.4 Å². The normalized spacial score (nSPS) is 13.6. The van der Waals surface area contributed by atoms with Crippen LogP contribution in [0.3, 0.4) is 0 Å². The maximum atomic E-state index is 11.0. The number of anilines is 1. The molecule has 0 aliphatic carbocycles. The molecule has 0 aliphatic rings. The Morgan fingerprint density at radius 1 is 1.43 bits per heavy atom. The van der Waals surface area contributed by atoms with Crippen LogP contribution in [0.4, 0.5) is 5.69 Å². The second-order valence-corrected chi connectivity index (χ2v) is 5.45. The Labute approximate surface area is 83.5 Å². The molecule has 1 unspecified atom stereocenters. The topological polar surface area (TPSA) is 72.0 Å². The van der Waals surface area contributed by atoms with Gasteiger partial charge in [-0.2, -0.15) is 0 Å². The summed E-state index contributed by atoms with van der Waals surface area (Å²) in [5.74, 6) is 0.0991. The molecule has 0 saturated carbocycles. The van der Waals surface area contributed by atoms with Crippen molar-refractivity contribution in [2.45, 2.75) is 13.0 Å². The van der Waals surface area contributed by atoms with Gasteiger partial charge in [-0.15, -0.1) is 0 Å². The molecule has 1 atom stereocenters. The van der Waals surface area contributed by atoms with E-state index in [1.165, 1.54) is 12.6 Å². The predicted molar refractivity (Wildman–Crippen MR) is 54.8 cm³/mol. The van der Waals surface area contributed by atoms with Crippen molar-refractivity contribution >= 4 is 15.5 Å². The van der Waals surface area contributed by atoms with Crippen molar-refractivity contribution in [3.05, 3.63) is 18.7 Å². The van der Waals surface area contributed by atoms with Crippen LogP contribution in [-0.4, -0.2) is 36.4 Å². The molecular weight excluding hydrogens is 202 g/mol. The summed E-state index contributed by atoms with van der Waals surface area (Å²) in [4.78, 5) is 7.62. The molecule has 0 spiro atoms. The fourth-order valence-electron chi connectivity index (χ4n) is 1.15. The summed E-state index contributed by atoms with van der Waals surface area (Å²) in [5, 5.41) is 2.99. The number of nitrogens with zero attached hydrogens (tertiary/aromatic N) is 2. The molecule has 0 bridgehead atoms. The van der Waals surface area contributed by atoms with Gasteiger partial charge in [-0.1, -0.05) is 0 Å². The zero-order chi connectivity index (χ0) is 10.6. The van der Waals surface area contributed by atoms with E-state index in [0.717, 1.165) is 5.69 Å². The van der Waals surface area contributed by atoms with Crippen LogP contribution < -0.4 is 5.32 Å². The van der Waals surface area contributed by atoms with Crippen molar-refractivity contribution in [1.29, 1.82) is 0 Å². The highest BCUT2D eigenvalue weighted by molar-refractivity contribution is 7.90. The molecule has 78 valence electrons. The van der Waals surface area contributed by atoms with E-state index in [0.29, 0.717) is 0 Å². The van der Waals surface area contributed by atoms with Crippen LogP contribution in [0.1, 0.15) is 6.92 Å². The largest absolute Gasteiger partial charge is 0.379 e. The van der Waals surface area contributed by atoms with Crippen molar-refractivity contribution in [3.8, 4) is 0 Å². The molecule has 14 heavy (non-hydrogen) atoms. The number of aromatic nitrogens is 2. The average Bonchev–Trinajstić information content (AvgIpc) is 2.02. The van der Waals surface area contributed by atoms with Crippen LogP contribution in [-0.2, 0) is 9.84 Å². The van der Waals surface area contributed by atoms with Crippen molar-refractivity contribution in [2.24, 2.45) is 0 Å². The molecule has 0 fully saturated rings. The summed E-state index contributed by atoms with van der Waals surface area (Å²) < 4.78 is 21.9. The molecule has 1 rings (SSSR count). The highest BCUT2D eigenvalue weighted by Gasteiger charge is 2.09. The lowest BCUT2D eigenvalue weighted by Gasteiger charge is -2.12. The lowest BCUT2D eigenvalue weighted by atomic mass is 10.4. The monoisotopic (exact) mass is 215 g/mol. The van der Waals surface area contributed by atoms with Crippen LogP contribution >= 0.6 is 0 Å². The van der Waals surface area contributed by atoms with Crippen molar-refractivity contribution in [2.75, 3.05) is 17.3 Å². The number of rotatable bonds is 4. The molecule has 0 aliphatic heterocycles. The van der Waals surface area contributed by atoms with Gasteiger partial charge < -0.3 is 5.32 Å². The number of nitrogens with one attached hydrogen (secondary N) is 1. The van der Waals surface area contributed by atoms with Gasteiger partial charge in [0.1, 0.15) is 16.2 Å². The standard InChI is InChI=1S/C8H13N3O2S/c1-7(5-14(2,12)13)11-8-3-9-6-10-4-8/h3-4,6-7,11H,5H2,1-2H3. The quantitative estimate of drug-likeness (QED) is 0.783. The van der Waals surface area contributed by atoms with Gasteiger partial charge in [0, 0.05) is 12.3 Å². The zero-order valence-corrected chi connectivity index (χ0v) is 8.95. The molecule has 5 nitrogen and oxygen atoms in total. The summed E-state index contributed by atoms with van der Waals surface area (Å²) in [6.07, 6.45) is 5.84. The van der Waals surface area contributed by atoms with Crippen LogP contribution in [0.25, 0.3) is 0 Å². The summed E-state index contributed by atoms with van der Waals surface area (Å²) in [6, 6.07) is -0.143. The first kappa shape index (κ1) is 10.9. The molecule has 1 aromatic rings. The minimum absolute atomic E-state index is 0.0991. The van der Waals surface area contributed by atoms with Crippen molar-refractivity contribution < 1.29 is 8.42 Å². The van der Waals surface area contributed by atoms with E-state index in [4.69, 9.17) is 0 Å². The van der Waals surface area contributed by atoms with Gasteiger partial charge in [-0.3, -0.25) is 0 Å². The Balaban J connectivity index is 2.54. The maximum Gasteiger partial charge on any atom is 0.149 e. The van der Waals surface area contributed by atoms with Crippen LogP contribution in [0.2, 0.25) is 0 Å². The summed E-state index contributed by atoms with van der Waals surface area (Å²) >= 11 is 0. The van der Waals surface area contributed by atoms with Gasteiger partial charge in [0.05, 0.1) is 23.8 Å². The Morgan fingerprint density at radius 2 is 2.00 bits per heavy atom. The van der Waals surface area contributed by atoms with Crippen LogP contribution in [0.5, 0.6) is 0 Å². The van der Waals surface area contributed by atoms with Gasteiger partial charge in [-0.05, 0) is 6.92 Å². The first-order valence-corrected chi connectivity index (χ1v) is 6.23. The highest BCUT2D eigenvalue weighted by atomic mass is 32.2. The second kappa shape index (κ2) is 4.36. The third-order valence-electron chi connectivity index (χ3n) is 1.53. The van der Waals surface area contributed by atoms with Crippen molar-refractivity contribution in [1.82, 2.24) is 9.97 Å². The van der Waals surface area contributed by atoms with Crippen LogP contribution in [0.15, 0.2) is 18.7 Å². The molecule has 1 heterocycles. The zero-order valence-electron chi connectivity index (χ0n) is 8.14. The first-order chi connectivity index (χ1) is 6.47. The maximum absolute atomic E-state index is 11.0. The minimum atomic E-state index is -2.95. The molecule has 0 radical (unpaired) electrons. The van der Waals surface area contributed by atoms with E-state index in [1.807, 2.05) is 0 Å². The smallest absolute Gasteiger partial charge is 0.149 e. The van der Waals surface area contributed by atoms with Crippen molar-refractivity contribution in [3.63, 3.8) is 0 Å². The molecule has 1 N–H and O–H groups in total. The number of hydrogen-bond acceptors (Lipinski definition) is 5.